The Morgan fingerprint density at radius 3 is 2.49 bits per heavy atom. The molecule has 0 spiro atoms. The van der Waals surface area contributed by atoms with Crippen molar-refractivity contribution in [2.45, 2.75) is 38.3 Å². The van der Waals surface area contributed by atoms with Crippen LogP contribution in [0, 0.1) is 0 Å². The van der Waals surface area contributed by atoms with Crippen LogP contribution in [-0.4, -0.2) is 18.1 Å². The molecule has 1 aliphatic carbocycles. The van der Waals surface area contributed by atoms with Crippen molar-refractivity contribution in [3.8, 4) is 5.75 Å². The number of halogens is 1. The maximum atomic E-state index is 13.2. The van der Waals surface area contributed by atoms with E-state index in [2.05, 4.69) is 5.32 Å². The lowest BCUT2D eigenvalue weighted by molar-refractivity contribution is -0.136. The van der Waals surface area contributed by atoms with Crippen molar-refractivity contribution >= 4 is 34.6 Å². The summed E-state index contributed by atoms with van der Waals surface area (Å²) >= 11 is 5.98. The van der Waals surface area contributed by atoms with Gasteiger partial charge in [0.25, 0.3) is 0 Å². The molecule has 8 heteroatoms. The van der Waals surface area contributed by atoms with Gasteiger partial charge in [-0.1, -0.05) is 54.1 Å². The van der Waals surface area contributed by atoms with Crippen LogP contribution in [0.2, 0.25) is 5.02 Å². The van der Waals surface area contributed by atoms with E-state index in [1.54, 1.807) is 36.4 Å². The lowest BCUT2D eigenvalue weighted by Crippen LogP contribution is -2.44. The summed E-state index contributed by atoms with van der Waals surface area (Å²) in [5, 5.41) is 4.01. The first-order chi connectivity index (χ1) is 18.0. The topological polar surface area (TPSA) is 94.8 Å². The van der Waals surface area contributed by atoms with Crippen LogP contribution < -0.4 is 15.7 Å². The number of carbonyl (C=O) groups is 2. The summed E-state index contributed by atoms with van der Waals surface area (Å²) in [6, 6.07) is 20.1. The summed E-state index contributed by atoms with van der Waals surface area (Å²) in [6.45, 7) is 0.0589. The fourth-order valence-electron chi connectivity index (χ4n) is 4.47. The Hall–Kier alpha value is -4.10. The number of amides is 1. The van der Waals surface area contributed by atoms with Crippen LogP contribution in [-0.2, 0) is 35.4 Å². The van der Waals surface area contributed by atoms with Crippen molar-refractivity contribution in [3.05, 3.63) is 110 Å². The first kappa shape index (κ1) is 24.6. The quantitative estimate of drug-likeness (QED) is 0.201. The second kappa shape index (κ2) is 10.9. The Kier molecular flexibility index (Phi) is 7.23. The molecule has 5 rings (SSSR count). The first-order valence-corrected chi connectivity index (χ1v) is 12.4. The van der Waals surface area contributed by atoms with Crippen LogP contribution in [0.15, 0.2) is 82.0 Å². The Labute approximate surface area is 218 Å². The van der Waals surface area contributed by atoms with Crippen molar-refractivity contribution < 1.29 is 23.5 Å². The van der Waals surface area contributed by atoms with Gasteiger partial charge in [-0.25, -0.2) is 14.4 Å². The zero-order valence-corrected chi connectivity index (χ0v) is 20.6. The van der Waals surface area contributed by atoms with Crippen LogP contribution >= 0.6 is 11.6 Å². The third-order valence-corrected chi connectivity index (χ3v) is 6.56. The molecule has 0 saturated heterocycles. The highest BCUT2D eigenvalue weighted by Crippen LogP contribution is 2.29. The molecular formula is C29H24ClNO6. The van der Waals surface area contributed by atoms with E-state index in [9.17, 15) is 14.4 Å². The zero-order chi connectivity index (χ0) is 25.8. The number of ether oxygens (including phenoxy) is 2. The molecule has 0 bridgehead atoms. The van der Waals surface area contributed by atoms with Crippen molar-refractivity contribution in [1.82, 2.24) is 5.32 Å². The molecule has 4 aromatic rings. The zero-order valence-electron chi connectivity index (χ0n) is 19.9. The van der Waals surface area contributed by atoms with Gasteiger partial charge in [0, 0.05) is 28.5 Å². The monoisotopic (exact) mass is 517 g/mol. The lowest BCUT2D eigenvalue weighted by Gasteiger charge is -2.18. The minimum absolute atomic E-state index is 0.0589. The van der Waals surface area contributed by atoms with Gasteiger partial charge in [-0.15, -0.1) is 0 Å². The summed E-state index contributed by atoms with van der Waals surface area (Å²) in [4.78, 5) is 38.0. The minimum Gasteiger partial charge on any atom is -0.445 e. The van der Waals surface area contributed by atoms with Crippen LogP contribution in [0.5, 0.6) is 5.75 Å². The van der Waals surface area contributed by atoms with Gasteiger partial charge in [-0.05, 0) is 60.2 Å². The van der Waals surface area contributed by atoms with Crippen molar-refractivity contribution in [3.63, 3.8) is 0 Å². The van der Waals surface area contributed by atoms with Crippen molar-refractivity contribution in [2.75, 3.05) is 0 Å². The van der Waals surface area contributed by atoms with E-state index in [-0.39, 0.29) is 24.4 Å². The van der Waals surface area contributed by atoms with Gasteiger partial charge in [-0.2, -0.15) is 0 Å². The SMILES string of the molecule is O=C(N[C@H](Cc1ccc(Cl)cc1)C(=O)Oc1ccc2c3c(c(=O)oc2c1)CCC3)OCc1ccccc1. The number of fused-ring (bicyclic) bond motifs is 3. The Balaban J connectivity index is 1.33. The van der Waals surface area contributed by atoms with Gasteiger partial charge in [0.1, 0.15) is 24.0 Å². The lowest BCUT2D eigenvalue weighted by atomic mass is 10.1. The molecule has 0 unspecified atom stereocenters. The van der Waals surface area contributed by atoms with E-state index in [1.165, 1.54) is 6.07 Å². The molecule has 0 saturated carbocycles. The number of rotatable bonds is 7. The number of aryl methyl sites for hydroxylation is 1. The van der Waals surface area contributed by atoms with Crippen molar-refractivity contribution in [2.24, 2.45) is 0 Å². The third kappa shape index (κ3) is 5.84. The van der Waals surface area contributed by atoms with E-state index in [0.717, 1.165) is 40.5 Å². The van der Waals surface area contributed by atoms with E-state index >= 15 is 0 Å². The highest BCUT2D eigenvalue weighted by molar-refractivity contribution is 6.30. The normalized spacial score (nSPS) is 13.1. The van der Waals surface area contributed by atoms with E-state index < -0.39 is 18.1 Å². The summed E-state index contributed by atoms with van der Waals surface area (Å²) < 4.78 is 16.4. The number of hydrogen-bond acceptors (Lipinski definition) is 6. The molecule has 188 valence electrons. The summed E-state index contributed by atoms with van der Waals surface area (Å²) in [7, 11) is 0. The molecule has 7 nitrogen and oxygen atoms in total. The standard InChI is InChI=1S/C29H24ClNO6/c30-20-11-9-18(10-12-20)15-25(31-29(34)35-17-19-5-2-1-3-6-19)28(33)36-21-13-14-23-22-7-4-8-24(22)27(32)37-26(23)16-21/h1-3,5-6,9-14,16,25H,4,7-8,15,17H2,(H,31,34)/t25-/m1/s1. The van der Waals surface area contributed by atoms with Gasteiger partial charge in [-0.3, -0.25) is 0 Å². The largest absolute Gasteiger partial charge is 0.445 e. The molecule has 0 aliphatic heterocycles. The van der Waals surface area contributed by atoms with Gasteiger partial charge >= 0.3 is 17.7 Å². The van der Waals surface area contributed by atoms with Gasteiger partial charge in [0.15, 0.2) is 0 Å². The average molecular weight is 518 g/mol. The minimum atomic E-state index is -1.04. The number of carbonyl (C=O) groups excluding carboxylic acids is 2. The fraction of sp³-hybridized carbons (Fsp3) is 0.207. The molecule has 37 heavy (non-hydrogen) atoms. The van der Waals surface area contributed by atoms with Gasteiger partial charge in [0.05, 0.1) is 0 Å². The predicted octanol–water partition coefficient (Wildman–Crippen LogP) is 5.38. The Morgan fingerprint density at radius 1 is 0.946 bits per heavy atom. The molecule has 1 atom stereocenters. The third-order valence-electron chi connectivity index (χ3n) is 6.31. The second-order valence-electron chi connectivity index (χ2n) is 8.87. The van der Waals surface area contributed by atoms with Gasteiger partial charge in [0.2, 0.25) is 0 Å². The maximum absolute atomic E-state index is 13.2. The summed E-state index contributed by atoms with van der Waals surface area (Å²) in [5.74, 6) is -0.478. The van der Waals surface area contributed by atoms with E-state index in [4.69, 9.17) is 25.5 Å². The number of esters is 1. The molecule has 1 aliphatic rings. The number of hydrogen-bond donors (Lipinski definition) is 1. The number of benzene rings is 3. The highest BCUT2D eigenvalue weighted by Gasteiger charge is 2.25. The van der Waals surface area contributed by atoms with Crippen molar-refractivity contribution in [1.29, 1.82) is 0 Å². The van der Waals surface area contributed by atoms with Gasteiger partial charge < -0.3 is 19.2 Å². The number of nitrogens with one attached hydrogen (secondary N) is 1. The van der Waals surface area contributed by atoms with Crippen LogP contribution in [0.25, 0.3) is 11.0 Å². The molecule has 1 aromatic heterocycles. The van der Waals surface area contributed by atoms with E-state index in [1.807, 2.05) is 30.3 Å². The number of alkyl carbamates (subject to hydrolysis) is 1. The summed E-state index contributed by atoms with van der Waals surface area (Å²) in [5.41, 5.74) is 3.31. The second-order valence-corrected chi connectivity index (χ2v) is 9.30. The average Bonchev–Trinajstić information content (AvgIpc) is 3.40. The first-order valence-electron chi connectivity index (χ1n) is 12.0. The molecule has 3 aromatic carbocycles. The fourth-order valence-corrected chi connectivity index (χ4v) is 4.60. The van der Waals surface area contributed by atoms with E-state index in [0.29, 0.717) is 17.0 Å². The molecular weight excluding hydrogens is 494 g/mol. The molecule has 0 fully saturated rings. The maximum Gasteiger partial charge on any atom is 0.408 e. The Morgan fingerprint density at radius 2 is 1.70 bits per heavy atom. The Bertz CT molecular complexity index is 1500. The predicted molar refractivity (Wildman–Crippen MR) is 139 cm³/mol. The summed E-state index contributed by atoms with van der Waals surface area (Å²) in [6.07, 6.45) is 1.85. The van der Waals surface area contributed by atoms with Crippen LogP contribution in [0.1, 0.15) is 28.7 Å². The highest BCUT2D eigenvalue weighted by atomic mass is 35.5. The smallest absolute Gasteiger partial charge is 0.408 e. The van der Waals surface area contributed by atoms with Crippen LogP contribution in [0.4, 0.5) is 4.79 Å². The van der Waals surface area contributed by atoms with Crippen LogP contribution in [0.3, 0.4) is 0 Å². The molecule has 0 radical (unpaired) electrons. The molecule has 1 heterocycles. The molecule has 1 N–H and O–H groups in total. The molecule has 1 amide bonds.